The first kappa shape index (κ1) is 20.7. The Bertz CT molecular complexity index is 541. The van der Waals surface area contributed by atoms with Gasteiger partial charge in [0.2, 0.25) is 5.89 Å². The number of halogens is 1. The van der Waals surface area contributed by atoms with E-state index in [9.17, 15) is 4.79 Å². The lowest BCUT2D eigenvalue weighted by Crippen LogP contribution is -2.47. The van der Waals surface area contributed by atoms with Crippen LogP contribution in [0.2, 0.25) is 0 Å². The summed E-state index contributed by atoms with van der Waals surface area (Å²) in [5.74, 6) is 2.02. The van der Waals surface area contributed by atoms with E-state index in [-0.39, 0.29) is 35.9 Å². The zero-order chi connectivity index (χ0) is 16.7. The maximum Gasteiger partial charge on any atom is 0.309 e. The van der Waals surface area contributed by atoms with E-state index in [1.165, 1.54) is 0 Å². The minimum atomic E-state index is -0.0816. The lowest BCUT2D eigenvalue weighted by Gasteiger charge is -2.33. The van der Waals surface area contributed by atoms with Crippen molar-refractivity contribution in [3.63, 3.8) is 0 Å². The van der Waals surface area contributed by atoms with Crippen molar-refractivity contribution in [1.82, 2.24) is 20.4 Å². The van der Waals surface area contributed by atoms with Gasteiger partial charge in [0.25, 0.3) is 0 Å². The molecule has 9 heteroatoms. The van der Waals surface area contributed by atoms with Crippen molar-refractivity contribution in [2.45, 2.75) is 33.1 Å². The predicted octanol–water partition coefficient (Wildman–Crippen LogP) is 1.39. The number of carbonyl (C=O) groups excluding carboxylic acids is 1. The van der Waals surface area contributed by atoms with Crippen molar-refractivity contribution in [1.29, 1.82) is 0 Å². The van der Waals surface area contributed by atoms with Gasteiger partial charge >= 0.3 is 5.97 Å². The molecule has 0 radical (unpaired) electrons. The lowest BCUT2D eigenvalue weighted by atomic mass is 9.97. The van der Waals surface area contributed by atoms with Gasteiger partial charge in [0, 0.05) is 33.1 Å². The number of aryl methyl sites for hydroxylation is 1. The van der Waals surface area contributed by atoms with E-state index in [4.69, 9.17) is 9.26 Å². The third kappa shape index (κ3) is 5.91. The molecule has 1 aliphatic rings. The van der Waals surface area contributed by atoms with Crippen LogP contribution in [0.15, 0.2) is 9.52 Å². The molecule has 1 N–H and O–H groups in total. The number of guanidine groups is 1. The first-order chi connectivity index (χ1) is 11.1. The van der Waals surface area contributed by atoms with Crippen LogP contribution < -0.4 is 5.32 Å². The SMILES string of the molecule is CCOC(=O)C1CCN(C(=NC)NCCc2nc(C)no2)CC1.I. The fourth-order valence-corrected chi connectivity index (χ4v) is 2.64. The van der Waals surface area contributed by atoms with Crippen molar-refractivity contribution < 1.29 is 14.1 Å². The fourth-order valence-electron chi connectivity index (χ4n) is 2.64. The molecule has 1 aromatic rings. The maximum absolute atomic E-state index is 11.8. The highest BCUT2D eigenvalue weighted by molar-refractivity contribution is 14.0. The molecule has 1 saturated heterocycles. The minimum absolute atomic E-state index is 0. The van der Waals surface area contributed by atoms with Crippen LogP contribution in [0.3, 0.4) is 0 Å². The molecule has 0 amide bonds. The molecule has 0 aliphatic carbocycles. The highest BCUT2D eigenvalue weighted by atomic mass is 127. The van der Waals surface area contributed by atoms with Crippen LogP contribution in [0.25, 0.3) is 0 Å². The highest BCUT2D eigenvalue weighted by Gasteiger charge is 2.27. The van der Waals surface area contributed by atoms with Gasteiger partial charge in [-0.25, -0.2) is 0 Å². The first-order valence-electron chi connectivity index (χ1n) is 8.05. The van der Waals surface area contributed by atoms with Gasteiger partial charge in [-0.05, 0) is 26.7 Å². The Kier molecular flexibility index (Phi) is 9.01. The van der Waals surface area contributed by atoms with Gasteiger partial charge in [-0.2, -0.15) is 4.98 Å². The van der Waals surface area contributed by atoms with Crippen molar-refractivity contribution >= 4 is 35.9 Å². The number of esters is 1. The Morgan fingerprint density at radius 1 is 1.46 bits per heavy atom. The number of aliphatic imine (C=N–C) groups is 1. The summed E-state index contributed by atoms with van der Waals surface area (Å²) >= 11 is 0. The summed E-state index contributed by atoms with van der Waals surface area (Å²) in [5, 5.41) is 7.06. The third-order valence-corrected chi connectivity index (χ3v) is 3.82. The van der Waals surface area contributed by atoms with E-state index in [1.54, 1.807) is 14.0 Å². The molecular formula is C15H26IN5O3. The number of rotatable bonds is 5. The van der Waals surface area contributed by atoms with Crippen LogP contribution in [-0.4, -0.2) is 60.3 Å². The van der Waals surface area contributed by atoms with Crippen molar-refractivity contribution in [2.75, 3.05) is 33.3 Å². The first-order valence-corrected chi connectivity index (χ1v) is 8.05. The number of likely N-dealkylation sites (tertiary alicyclic amines) is 1. The molecule has 2 rings (SSSR count). The molecule has 0 atom stereocenters. The van der Waals surface area contributed by atoms with E-state index in [0.29, 0.717) is 31.3 Å². The van der Waals surface area contributed by atoms with Gasteiger partial charge in [0.1, 0.15) is 0 Å². The molecule has 0 unspecified atom stereocenters. The number of nitrogens with one attached hydrogen (secondary N) is 1. The Labute approximate surface area is 159 Å². The van der Waals surface area contributed by atoms with Crippen LogP contribution in [0.5, 0.6) is 0 Å². The van der Waals surface area contributed by atoms with Gasteiger partial charge in [-0.3, -0.25) is 9.79 Å². The van der Waals surface area contributed by atoms with Crippen molar-refractivity contribution in [3.05, 3.63) is 11.7 Å². The summed E-state index contributed by atoms with van der Waals surface area (Å²) in [6.07, 6.45) is 2.24. The monoisotopic (exact) mass is 451 g/mol. The lowest BCUT2D eigenvalue weighted by molar-refractivity contribution is -0.149. The van der Waals surface area contributed by atoms with Crippen LogP contribution in [0, 0.1) is 12.8 Å². The molecule has 1 fully saturated rings. The topological polar surface area (TPSA) is 92.8 Å². The smallest absolute Gasteiger partial charge is 0.309 e. The second-order valence-corrected chi connectivity index (χ2v) is 5.47. The summed E-state index contributed by atoms with van der Waals surface area (Å²) < 4.78 is 10.2. The average Bonchev–Trinajstić information content (AvgIpc) is 2.97. The van der Waals surface area contributed by atoms with E-state index < -0.39 is 0 Å². The largest absolute Gasteiger partial charge is 0.466 e. The Balaban J connectivity index is 0.00000288. The van der Waals surface area contributed by atoms with E-state index in [0.717, 1.165) is 31.9 Å². The summed E-state index contributed by atoms with van der Waals surface area (Å²) in [7, 11) is 1.76. The van der Waals surface area contributed by atoms with Gasteiger partial charge in [0.05, 0.1) is 12.5 Å². The average molecular weight is 451 g/mol. The van der Waals surface area contributed by atoms with E-state index in [1.807, 2.05) is 6.92 Å². The van der Waals surface area contributed by atoms with Gasteiger partial charge < -0.3 is 19.5 Å². The van der Waals surface area contributed by atoms with Crippen LogP contribution >= 0.6 is 24.0 Å². The van der Waals surface area contributed by atoms with Crippen LogP contribution in [0.4, 0.5) is 0 Å². The number of hydrogen-bond acceptors (Lipinski definition) is 6. The van der Waals surface area contributed by atoms with Gasteiger partial charge in [0.15, 0.2) is 11.8 Å². The zero-order valence-electron chi connectivity index (χ0n) is 14.4. The zero-order valence-corrected chi connectivity index (χ0v) is 16.8. The van der Waals surface area contributed by atoms with E-state index >= 15 is 0 Å². The van der Waals surface area contributed by atoms with Gasteiger partial charge in [-0.1, -0.05) is 5.16 Å². The van der Waals surface area contributed by atoms with E-state index in [2.05, 4.69) is 25.3 Å². The standard InChI is InChI=1S/C15H25N5O3.HI/c1-4-22-14(21)12-6-9-20(10-7-12)15(16-3)17-8-5-13-18-11(2)19-23-13;/h12H,4-10H2,1-3H3,(H,16,17);1H. The maximum atomic E-state index is 11.8. The molecular weight excluding hydrogens is 425 g/mol. The number of carbonyl (C=O) groups is 1. The Morgan fingerprint density at radius 2 is 2.17 bits per heavy atom. The molecule has 0 saturated carbocycles. The normalized spacial score (nSPS) is 15.8. The number of nitrogens with zero attached hydrogens (tertiary/aromatic N) is 4. The number of ether oxygens (including phenoxy) is 1. The van der Waals surface area contributed by atoms with Crippen molar-refractivity contribution in [2.24, 2.45) is 10.9 Å². The van der Waals surface area contributed by atoms with Crippen LogP contribution in [-0.2, 0) is 16.0 Å². The third-order valence-electron chi connectivity index (χ3n) is 3.82. The number of aromatic nitrogens is 2. The minimum Gasteiger partial charge on any atom is -0.466 e. The molecule has 8 nitrogen and oxygen atoms in total. The Hall–Kier alpha value is -1.39. The second-order valence-electron chi connectivity index (χ2n) is 5.47. The molecule has 2 heterocycles. The summed E-state index contributed by atoms with van der Waals surface area (Å²) in [6.45, 7) is 6.34. The summed E-state index contributed by atoms with van der Waals surface area (Å²) in [4.78, 5) is 22.4. The van der Waals surface area contributed by atoms with Gasteiger partial charge in [-0.15, -0.1) is 24.0 Å². The molecule has 1 aromatic heterocycles. The number of hydrogen-bond donors (Lipinski definition) is 1. The quantitative estimate of drug-likeness (QED) is 0.313. The Morgan fingerprint density at radius 3 is 2.71 bits per heavy atom. The van der Waals surface area contributed by atoms with Crippen molar-refractivity contribution in [3.8, 4) is 0 Å². The molecule has 0 spiro atoms. The molecule has 0 bridgehead atoms. The summed E-state index contributed by atoms with van der Waals surface area (Å²) in [5.41, 5.74) is 0. The second kappa shape index (κ2) is 10.5. The molecule has 1 aliphatic heterocycles. The summed E-state index contributed by atoms with van der Waals surface area (Å²) in [6, 6.07) is 0. The molecule has 24 heavy (non-hydrogen) atoms. The fraction of sp³-hybridized carbons (Fsp3) is 0.733. The molecule has 136 valence electrons. The number of piperidine rings is 1. The molecule has 0 aromatic carbocycles. The predicted molar refractivity (Wildman–Crippen MR) is 100 cm³/mol. The highest BCUT2D eigenvalue weighted by Crippen LogP contribution is 2.18. The van der Waals surface area contributed by atoms with Crippen LogP contribution in [0.1, 0.15) is 31.5 Å².